The first kappa shape index (κ1) is 17.9. The van der Waals surface area contributed by atoms with E-state index in [1.165, 1.54) is 12.4 Å². The molecule has 3 heterocycles. The van der Waals surface area contributed by atoms with Gasteiger partial charge in [0.25, 0.3) is 0 Å². The number of aryl methyl sites for hydroxylation is 1. The van der Waals surface area contributed by atoms with Gasteiger partial charge in [0.15, 0.2) is 0 Å². The summed E-state index contributed by atoms with van der Waals surface area (Å²) in [7, 11) is 0. The lowest BCUT2D eigenvalue weighted by atomic mass is 10.0. The van der Waals surface area contributed by atoms with Crippen molar-refractivity contribution in [3.8, 4) is 0 Å². The third-order valence-electron chi connectivity index (χ3n) is 4.34. The number of hydrogen-bond acceptors (Lipinski definition) is 4. The monoisotopic (exact) mass is 357 g/mol. The van der Waals surface area contributed by atoms with E-state index in [4.69, 9.17) is 4.74 Å². The molecule has 0 bridgehead atoms. The Morgan fingerprint density at radius 3 is 2.76 bits per heavy atom. The Bertz CT molecular complexity index is 681. The summed E-state index contributed by atoms with van der Waals surface area (Å²) >= 11 is 0. The largest absolute Gasteiger partial charge is 0.406 e. The molecule has 1 aliphatic heterocycles. The Kier molecular flexibility index (Phi) is 5.43. The van der Waals surface area contributed by atoms with Gasteiger partial charge in [-0.1, -0.05) is 0 Å². The molecule has 0 aromatic carbocycles. The third kappa shape index (κ3) is 4.40. The summed E-state index contributed by atoms with van der Waals surface area (Å²) in [6, 6.07) is -0.0162. The van der Waals surface area contributed by atoms with Crippen molar-refractivity contribution in [3.63, 3.8) is 0 Å². The molecule has 138 valence electrons. The standard InChI is InChI=1S/C16H22F3N5O/c1-2-23-7-6-21-15(23)14-12(4-3-9-25-14)22-10-13-20-5-8-24(13)11-16(17,18)19/h5-8,12,14,22H,2-4,9-11H2,1H3/t12-,14-/m0/s1. The fourth-order valence-corrected chi connectivity index (χ4v) is 3.16. The van der Waals surface area contributed by atoms with Gasteiger partial charge in [0, 0.05) is 44.0 Å². The van der Waals surface area contributed by atoms with Crippen molar-refractivity contribution in [2.24, 2.45) is 0 Å². The van der Waals surface area contributed by atoms with Crippen LogP contribution in [0.25, 0.3) is 0 Å². The van der Waals surface area contributed by atoms with Crippen LogP contribution in [-0.4, -0.2) is 37.9 Å². The smallest absolute Gasteiger partial charge is 0.369 e. The molecule has 0 spiro atoms. The van der Waals surface area contributed by atoms with Gasteiger partial charge >= 0.3 is 6.18 Å². The number of imidazole rings is 2. The van der Waals surface area contributed by atoms with Crippen LogP contribution in [0.2, 0.25) is 0 Å². The summed E-state index contributed by atoms with van der Waals surface area (Å²) in [5.74, 6) is 1.21. The van der Waals surface area contributed by atoms with Gasteiger partial charge in [0.2, 0.25) is 0 Å². The van der Waals surface area contributed by atoms with Crippen LogP contribution in [0.4, 0.5) is 13.2 Å². The molecule has 0 aliphatic carbocycles. The van der Waals surface area contributed by atoms with Crippen molar-refractivity contribution >= 4 is 0 Å². The molecule has 6 nitrogen and oxygen atoms in total. The fraction of sp³-hybridized carbons (Fsp3) is 0.625. The molecule has 0 saturated carbocycles. The molecular formula is C16H22F3N5O. The molecule has 3 rings (SSSR count). The number of nitrogens with zero attached hydrogens (tertiary/aromatic N) is 4. The van der Waals surface area contributed by atoms with Crippen molar-refractivity contribution in [1.29, 1.82) is 0 Å². The van der Waals surface area contributed by atoms with Crippen LogP contribution < -0.4 is 5.32 Å². The number of nitrogens with one attached hydrogen (secondary N) is 1. The number of halogens is 3. The van der Waals surface area contributed by atoms with E-state index in [1.54, 1.807) is 6.20 Å². The first-order chi connectivity index (χ1) is 12.0. The number of aromatic nitrogens is 4. The highest BCUT2D eigenvalue weighted by atomic mass is 19.4. The highest BCUT2D eigenvalue weighted by Gasteiger charge is 2.31. The Labute approximate surface area is 144 Å². The van der Waals surface area contributed by atoms with Gasteiger partial charge in [-0.15, -0.1) is 0 Å². The number of alkyl halides is 3. The predicted octanol–water partition coefficient (Wildman–Crippen LogP) is 2.67. The van der Waals surface area contributed by atoms with E-state index < -0.39 is 12.7 Å². The average Bonchev–Trinajstić information content (AvgIpc) is 3.20. The lowest BCUT2D eigenvalue weighted by molar-refractivity contribution is -0.141. The van der Waals surface area contributed by atoms with E-state index in [9.17, 15) is 13.2 Å². The molecule has 25 heavy (non-hydrogen) atoms. The summed E-state index contributed by atoms with van der Waals surface area (Å²) in [6.45, 7) is 2.69. The van der Waals surface area contributed by atoms with E-state index in [0.29, 0.717) is 12.4 Å². The minimum Gasteiger partial charge on any atom is -0.369 e. The van der Waals surface area contributed by atoms with Crippen LogP contribution in [0.1, 0.15) is 37.5 Å². The molecule has 1 saturated heterocycles. The second-order valence-corrected chi connectivity index (χ2v) is 6.08. The second kappa shape index (κ2) is 7.57. The quantitative estimate of drug-likeness (QED) is 0.864. The van der Waals surface area contributed by atoms with Crippen LogP contribution in [-0.2, 0) is 24.4 Å². The van der Waals surface area contributed by atoms with E-state index in [0.717, 1.165) is 29.8 Å². The highest BCUT2D eigenvalue weighted by molar-refractivity contribution is 5.03. The number of hydrogen-bond donors (Lipinski definition) is 1. The third-order valence-corrected chi connectivity index (χ3v) is 4.34. The van der Waals surface area contributed by atoms with Crippen molar-refractivity contribution in [3.05, 3.63) is 36.4 Å². The predicted molar refractivity (Wildman–Crippen MR) is 84.7 cm³/mol. The topological polar surface area (TPSA) is 56.9 Å². The lowest BCUT2D eigenvalue weighted by Gasteiger charge is -2.32. The first-order valence-electron chi connectivity index (χ1n) is 8.40. The maximum atomic E-state index is 12.6. The second-order valence-electron chi connectivity index (χ2n) is 6.08. The van der Waals surface area contributed by atoms with E-state index in [-0.39, 0.29) is 18.7 Å². The average molecular weight is 357 g/mol. The Hall–Kier alpha value is -1.87. The maximum Gasteiger partial charge on any atom is 0.406 e. The molecule has 0 radical (unpaired) electrons. The fourth-order valence-electron chi connectivity index (χ4n) is 3.16. The lowest BCUT2D eigenvalue weighted by Crippen LogP contribution is -2.40. The SMILES string of the molecule is CCn1ccnc1[C@H]1OCCC[C@@H]1NCc1nccn1CC(F)(F)F. The molecule has 9 heteroatoms. The molecule has 1 fully saturated rings. The number of rotatable bonds is 6. The van der Waals surface area contributed by atoms with E-state index in [2.05, 4.69) is 15.3 Å². The van der Waals surface area contributed by atoms with Gasteiger partial charge in [0.1, 0.15) is 24.3 Å². The molecule has 0 amide bonds. The molecule has 0 unspecified atom stereocenters. The Morgan fingerprint density at radius 1 is 1.24 bits per heavy atom. The molecular weight excluding hydrogens is 335 g/mol. The molecule has 2 aromatic heterocycles. The molecule has 1 N–H and O–H groups in total. The van der Waals surface area contributed by atoms with Crippen molar-refractivity contribution in [1.82, 2.24) is 24.4 Å². The van der Waals surface area contributed by atoms with Gasteiger partial charge in [-0.25, -0.2) is 9.97 Å². The van der Waals surface area contributed by atoms with Crippen molar-refractivity contribution < 1.29 is 17.9 Å². The Balaban J connectivity index is 1.68. The summed E-state index contributed by atoms with van der Waals surface area (Å²) in [4.78, 5) is 8.45. The summed E-state index contributed by atoms with van der Waals surface area (Å²) in [6.07, 6.45) is 3.68. The van der Waals surface area contributed by atoms with Gasteiger partial charge in [-0.05, 0) is 19.8 Å². The van der Waals surface area contributed by atoms with Crippen LogP contribution in [0.3, 0.4) is 0 Å². The number of ether oxygens (including phenoxy) is 1. The highest BCUT2D eigenvalue weighted by Crippen LogP contribution is 2.28. The Morgan fingerprint density at radius 2 is 2.00 bits per heavy atom. The maximum absolute atomic E-state index is 12.6. The zero-order valence-electron chi connectivity index (χ0n) is 14.0. The van der Waals surface area contributed by atoms with E-state index >= 15 is 0 Å². The molecule has 1 aliphatic rings. The minimum absolute atomic E-state index is 0.0162. The summed E-state index contributed by atoms with van der Waals surface area (Å²) in [5.41, 5.74) is 0. The van der Waals surface area contributed by atoms with Gasteiger partial charge in [-0.3, -0.25) is 0 Å². The van der Waals surface area contributed by atoms with Gasteiger partial charge < -0.3 is 19.2 Å². The van der Waals surface area contributed by atoms with Crippen molar-refractivity contribution in [2.75, 3.05) is 6.61 Å². The van der Waals surface area contributed by atoms with Gasteiger partial charge in [0.05, 0.1) is 6.54 Å². The first-order valence-corrected chi connectivity index (χ1v) is 8.40. The summed E-state index contributed by atoms with van der Waals surface area (Å²) < 4.78 is 46.9. The summed E-state index contributed by atoms with van der Waals surface area (Å²) in [5, 5.41) is 3.31. The van der Waals surface area contributed by atoms with Crippen molar-refractivity contribution in [2.45, 2.75) is 57.7 Å². The minimum atomic E-state index is -4.27. The molecule has 2 atom stereocenters. The van der Waals surface area contributed by atoms with E-state index in [1.807, 2.05) is 17.7 Å². The zero-order chi connectivity index (χ0) is 17.9. The van der Waals surface area contributed by atoms with Crippen LogP contribution >= 0.6 is 0 Å². The normalized spacial score (nSPS) is 21.6. The van der Waals surface area contributed by atoms with Gasteiger partial charge in [-0.2, -0.15) is 13.2 Å². The molecule has 2 aromatic rings. The van der Waals surface area contributed by atoms with Crippen LogP contribution in [0, 0.1) is 0 Å². The zero-order valence-corrected chi connectivity index (χ0v) is 14.0. The van der Waals surface area contributed by atoms with Crippen LogP contribution in [0.5, 0.6) is 0 Å². The van der Waals surface area contributed by atoms with Crippen LogP contribution in [0.15, 0.2) is 24.8 Å².